The second-order valence-corrected chi connectivity index (χ2v) is 2.84. The summed E-state index contributed by atoms with van der Waals surface area (Å²) < 4.78 is 20.2. The smallest absolute Gasteiger partial charge is 0.0704 e. The van der Waals surface area contributed by atoms with Crippen LogP contribution in [0.5, 0.6) is 0 Å². The summed E-state index contributed by atoms with van der Waals surface area (Å²) in [5.41, 5.74) is 0.928. The van der Waals surface area contributed by atoms with Crippen LogP contribution in [0.2, 0.25) is 0 Å². The Labute approximate surface area is 85.8 Å². The van der Waals surface area contributed by atoms with Gasteiger partial charge in [0, 0.05) is 14.2 Å². The molecule has 0 aliphatic carbocycles. The van der Waals surface area contributed by atoms with Gasteiger partial charge in [-0.15, -0.1) is 0 Å². The third-order valence-electron chi connectivity index (χ3n) is 1.48. The summed E-state index contributed by atoms with van der Waals surface area (Å²) in [4.78, 5) is 0. The second-order valence-electron chi connectivity index (χ2n) is 2.84. The van der Waals surface area contributed by atoms with Crippen LogP contribution in [0.15, 0.2) is 12.2 Å². The zero-order valence-corrected chi connectivity index (χ0v) is 9.08. The molecule has 0 N–H and O–H groups in total. The van der Waals surface area contributed by atoms with Gasteiger partial charge in [-0.1, -0.05) is 6.58 Å². The van der Waals surface area contributed by atoms with Crippen molar-refractivity contribution in [1.29, 1.82) is 0 Å². The molecule has 4 nitrogen and oxygen atoms in total. The molecule has 0 radical (unpaired) electrons. The molecule has 0 saturated carbocycles. The van der Waals surface area contributed by atoms with Gasteiger partial charge in [-0.3, -0.25) is 0 Å². The Morgan fingerprint density at radius 3 is 1.64 bits per heavy atom. The van der Waals surface area contributed by atoms with E-state index < -0.39 is 0 Å². The molecule has 84 valence electrons. The SMILES string of the molecule is C=C(COCCOC)COCCOC. The molecule has 0 spiro atoms. The molecule has 0 atom stereocenters. The highest BCUT2D eigenvalue weighted by Gasteiger charge is 1.95. The Morgan fingerprint density at radius 2 is 1.29 bits per heavy atom. The van der Waals surface area contributed by atoms with Gasteiger partial charge < -0.3 is 18.9 Å². The topological polar surface area (TPSA) is 36.9 Å². The number of methoxy groups -OCH3 is 2. The summed E-state index contributed by atoms with van der Waals surface area (Å²) in [6.07, 6.45) is 0. The van der Waals surface area contributed by atoms with E-state index in [0.29, 0.717) is 39.6 Å². The van der Waals surface area contributed by atoms with Crippen LogP contribution in [-0.2, 0) is 18.9 Å². The van der Waals surface area contributed by atoms with E-state index in [-0.39, 0.29) is 0 Å². The summed E-state index contributed by atoms with van der Waals surface area (Å²) in [6.45, 7) is 7.27. The zero-order valence-electron chi connectivity index (χ0n) is 9.08. The van der Waals surface area contributed by atoms with Gasteiger partial charge in [0.15, 0.2) is 0 Å². The van der Waals surface area contributed by atoms with Crippen molar-refractivity contribution in [3.05, 3.63) is 12.2 Å². The summed E-state index contributed by atoms with van der Waals surface area (Å²) in [7, 11) is 3.29. The highest BCUT2D eigenvalue weighted by atomic mass is 16.5. The first-order chi connectivity index (χ1) is 6.81. The summed E-state index contributed by atoms with van der Waals surface area (Å²) in [6, 6.07) is 0. The Hall–Kier alpha value is -0.420. The van der Waals surface area contributed by atoms with Gasteiger partial charge in [-0.05, 0) is 5.57 Å². The molecule has 14 heavy (non-hydrogen) atoms. The van der Waals surface area contributed by atoms with E-state index in [0.717, 1.165) is 5.57 Å². The zero-order chi connectivity index (χ0) is 10.6. The average Bonchev–Trinajstić information content (AvgIpc) is 2.19. The van der Waals surface area contributed by atoms with Crippen LogP contribution in [0.1, 0.15) is 0 Å². The molecule has 0 fully saturated rings. The normalized spacial score (nSPS) is 10.4. The van der Waals surface area contributed by atoms with Gasteiger partial charge in [0.05, 0.1) is 39.6 Å². The van der Waals surface area contributed by atoms with Crippen molar-refractivity contribution in [1.82, 2.24) is 0 Å². The largest absolute Gasteiger partial charge is 0.382 e. The first kappa shape index (κ1) is 13.6. The minimum absolute atomic E-state index is 0.524. The van der Waals surface area contributed by atoms with E-state index in [2.05, 4.69) is 6.58 Å². The fourth-order valence-electron chi connectivity index (χ4n) is 0.759. The molecule has 0 aliphatic rings. The lowest BCUT2D eigenvalue weighted by Gasteiger charge is -2.07. The number of hydrogen-bond acceptors (Lipinski definition) is 4. The first-order valence-electron chi connectivity index (χ1n) is 4.61. The number of hydrogen-bond donors (Lipinski definition) is 0. The minimum atomic E-state index is 0.524. The molecule has 0 aromatic rings. The minimum Gasteiger partial charge on any atom is -0.382 e. The highest BCUT2D eigenvalue weighted by molar-refractivity contribution is 4.94. The van der Waals surface area contributed by atoms with Crippen LogP contribution < -0.4 is 0 Å². The Balaban J connectivity index is 3.11. The van der Waals surface area contributed by atoms with Gasteiger partial charge in [0.25, 0.3) is 0 Å². The maximum Gasteiger partial charge on any atom is 0.0704 e. The van der Waals surface area contributed by atoms with Crippen molar-refractivity contribution >= 4 is 0 Å². The van der Waals surface area contributed by atoms with Gasteiger partial charge in [-0.2, -0.15) is 0 Å². The molecule has 0 heterocycles. The number of ether oxygens (including phenoxy) is 4. The summed E-state index contributed by atoms with van der Waals surface area (Å²) in [5, 5.41) is 0. The maximum absolute atomic E-state index is 5.26. The van der Waals surface area contributed by atoms with E-state index in [1.54, 1.807) is 14.2 Å². The number of rotatable bonds is 10. The fourth-order valence-corrected chi connectivity index (χ4v) is 0.759. The van der Waals surface area contributed by atoms with E-state index >= 15 is 0 Å². The molecule has 0 aromatic carbocycles. The van der Waals surface area contributed by atoms with E-state index in [9.17, 15) is 0 Å². The Bertz CT molecular complexity index is 122. The van der Waals surface area contributed by atoms with Crippen LogP contribution in [0.3, 0.4) is 0 Å². The van der Waals surface area contributed by atoms with Gasteiger partial charge >= 0.3 is 0 Å². The van der Waals surface area contributed by atoms with Crippen LogP contribution in [0.4, 0.5) is 0 Å². The molecule has 0 saturated heterocycles. The molecule has 4 heteroatoms. The summed E-state index contributed by atoms with van der Waals surface area (Å²) in [5.74, 6) is 0. The highest BCUT2D eigenvalue weighted by Crippen LogP contribution is 1.93. The van der Waals surface area contributed by atoms with Gasteiger partial charge in [-0.25, -0.2) is 0 Å². The Kier molecular flexibility index (Phi) is 10.3. The van der Waals surface area contributed by atoms with Crippen molar-refractivity contribution < 1.29 is 18.9 Å². The van der Waals surface area contributed by atoms with Crippen molar-refractivity contribution in [2.75, 3.05) is 53.9 Å². The molecular weight excluding hydrogens is 184 g/mol. The quantitative estimate of drug-likeness (QED) is 0.391. The first-order valence-corrected chi connectivity index (χ1v) is 4.61. The molecular formula is C10H20O4. The van der Waals surface area contributed by atoms with Crippen LogP contribution in [-0.4, -0.2) is 53.9 Å². The third kappa shape index (κ3) is 9.67. The van der Waals surface area contributed by atoms with Crippen molar-refractivity contribution in [3.8, 4) is 0 Å². The van der Waals surface area contributed by atoms with E-state index in [1.165, 1.54) is 0 Å². The van der Waals surface area contributed by atoms with Crippen molar-refractivity contribution in [3.63, 3.8) is 0 Å². The lowest BCUT2D eigenvalue weighted by atomic mass is 10.3. The molecule has 0 unspecified atom stereocenters. The van der Waals surface area contributed by atoms with Gasteiger partial charge in [0.2, 0.25) is 0 Å². The maximum atomic E-state index is 5.26. The lowest BCUT2D eigenvalue weighted by molar-refractivity contribution is 0.0610. The fraction of sp³-hybridized carbons (Fsp3) is 0.800. The molecule has 0 rings (SSSR count). The average molecular weight is 204 g/mol. The standard InChI is InChI=1S/C10H20O4/c1-10(8-13-6-4-11-2)9-14-7-5-12-3/h1,4-9H2,2-3H3. The predicted molar refractivity (Wildman–Crippen MR) is 54.5 cm³/mol. The lowest BCUT2D eigenvalue weighted by Crippen LogP contribution is -2.10. The van der Waals surface area contributed by atoms with Crippen LogP contribution in [0, 0.1) is 0 Å². The van der Waals surface area contributed by atoms with Crippen molar-refractivity contribution in [2.24, 2.45) is 0 Å². The third-order valence-corrected chi connectivity index (χ3v) is 1.48. The van der Waals surface area contributed by atoms with Crippen molar-refractivity contribution in [2.45, 2.75) is 0 Å². The van der Waals surface area contributed by atoms with Gasteiger partial charge in [0.1, 0.15) is 0 Å². The van der Waals surface area contributed by atoms with E-state index in [4.69, 9.17) is 18.9 Å². The molecule has 0 aliphatic heterocycles. The Morgan fingerprint density at radius 1 is 0.857 bits per heavy atom. The van der Waals surface area contributed by atoms with E-state index in [1.807, 2.05) is 0 Å². The second kappa shape index (κ2) is 10.7. The molecule has 0 bridgehead atoms. The molecule has 0 aromatic heterocycles. The predicted octanol–water partition coefficient (Wildman–Crippen LogP) is 0.869. The molecule has 0 amide bonds. The summed E-state index contributed by atoms with van der Waals surface area (Å²) >= 11 is 0. The monoisotopic (exact) mass is 204 g/mol. The van der Waals surface area contributed by atoms with Crippen LogP contribution in [0.25, 0.3) is 0 Å². The van der Waals surface area contributed by atoms with Crippen LogP contribution >= 0.6 is 0 Å².